The van der Waals surface area contributed by atoms with E-state index in [1.54, 1.807) is 0 Å². The summed E-state index contributed by atoms with van der Waals surface area (Å²) in [6, 6.07) is 0. The molecule has 0 rings (SSSR count). The molecule has 0 radical (unpaired) electrons. The van der Waals surface area contributed by atoms with Crippen LogP contribution in [0.4, 0.5) is 0 Å². The minimum atomic E-state index is -0.792. The summed E-state index contributed by atoms with van der Waals surface area (Å²) in [7, 11) is 0. The predicted octanol–water partition coefficient (Wildman–Crippen LogP) is 20.8. The van der Waals surface area contributed by atoms with Gasteiger partial charge in [-0.05, 0) is 109 Å². The maximum Gasteiger partial charge on any atom is 0.306 e. The van der Waals surface area contributed by atoms with Crippen LogP contribution in [-0.4, -0.2) is 37.2 Å². The van der Waals surface area contributed by atoms with Crippen molar-refractivity contribution < 1.29 is 28.6 Å². The fourth-order valence-electron chi connectivity index (χ4n) is 8.20. The van der Waals surface area contributed by atoms with Crippen LogP contribution in [0.15, 0.2) is 122 Å². The van der Waals surface area contributed by atoms with Crippen molar-refractivity contribution in [1.82, 2.24) is 0 Å². The normalized spacial score (nSPS) is 13.0. The Labute approximate surface area is 456 Å². The summed E-state index contributed by atoms with van der Waals surface area (Å²) in [5.74, 6) is -0.924. The van der Waals surface area contributed by atoms with Gasteiger partial charge in [-0.2, -0.15) is 0 Å². The maximum atomic E-state index is 12.8. The molecule has 0 N–H and O–H groups in total. The summed E-state index contributed by atoms with van der Waals surface area (Å²) < 4.78 is 16.8. The molecular formula is C68H112O6. The third kappa shape index (κ3) is 58.7. The van der Waals surface area contributed by atoms with Crippen LogP contribution in [-0.2, 0) is 28.6 Å². The fourth-order valence-corrected chi connectivity index (χ4v) is 8.20. The second-order valence-electron chi connectivity index (χ2n) is 19.9. The molecule has 6 nitrogen and oxygen atoms in total. The lowest BCUT2D eigenvalue weighted by molar-refractivity contribution is -0.167. The Morgan fingerprint density at radius 3 is 0.824 bits per heavy atom. The Morgan fingerprint density at radius 1 is 0.284 bits per heavy atom. The highest BCUT2D eigenvalue weighted by Crippen LogP contribution is 2.15. The number of esters is 3. The van der Waals surface area contributed by atoms with Gasteiger partial charge < -0.3 is 14.2 Å². The molecule has 420 valence electrons. The quantitative estimate of drug-likeness (QED) is 0.0261. The Morgan fingerprint density at radius 2 is 0.527 bits per heavy atom. The van der Waals surface area contributed by atoms with Crippen LogP contribution in [0.5, 0.6) is 0 Å². The van der Waals surface area contributed by atoms with Crippen molar-refractivity contribution in [3.63, 3.8) is 0 Å². The molecule has 0 aliphatic carbocycles. The van der Waals surface area contributed by atoms with E-state index in [9.17, 15) is 14.4 Å². The highest BCUT2D eigenvalue weighted by Gasteiger charge is 2.19. The van der Waals surface area contributed by atoms with Gasteiger partial charge in [0.05, 0.1) is 0 Å². The molecule has 0 spiro atoms. The summed E-state index contributed by atoms with van der Waals surface area (Å²) >= 11 is 0. The Bertz CT molecular complexity index is 1550. The Hall–Kier alpha value is -4.19. The fraction of sp³-hybridized carbons (Fsp3) is 0.662. The van der Waals surface area contributed by atoms with Gasteiger partial charge in [-0.25, -0.2) is 0 Å². The van der Waals surface area contributed by atoms with Gasteiger partial charge in [0, 0.05) is 19.3 Å². The molecule has 0 aromatic heterocycles. The molecule has 0 bridgehead atoms. The third-order valence-corrected chi connectivity index (χ3v) is 12.7. The molecule has 74 heavy (non-hydrogen) atoms. The molecule has 0 heterocycles. The topological polar surface area (TPSA) is 78.9 Å². The number of hydrogen-bond acceptors (Lipinski definition) is 6. The summed E-state index contributed by atoms with van der Waals surface area (Å²) in [5, 5.41) is 0. The molecule has 0 fully saturated rings. The number of rotatable bonds is 54. The van der Waals surface area contributed by atoms with Gasteiger partial charge in [0.25, 0.3) is 0 Å². The van der Waals surface area contributed by atoms with E-state index in [0.29, 0.717) is 19.3 Å². The van der Waals surface area contributed by atoms with Crippen LogP contribution in [0, 0.1) is 0 Å². The number of unbranched alkanes of at least 4 members (excludes halogenated alkanes) is 23. The monoisotopic (exact) mass is 1020 g/mol. The Kier molecular flexibility index (Phi) is 57.9. The molecular weight excluding hydrogens is 913 g/mol. The largest absolute Gasteiger partial charge is 0.462 e. The highest BCUT2D eigenvalue weighted by molar-refractivity contribution is 5.71. The number of carbonyl (C=O) groups is 3. The van der Waals surface area contributed by atoms with Crippen LogP contribution in [0.3, 0.4) is 0 Å². The molecule has 6 heteroatoms. The maximum absolute atomic E-state index is 12.8. The summed E-state index contributed by atoms with van der Waals surface area (Å²) in [6.45, 7) is 6.34. The second kappa shape index (κ2) is 61.4. The van der Waals surface area contributed by atoms with E-state index in [4.69, 9.17) is 14.2 Å². The van der Waals surface area contributed by atoms with Gasteiger partial charge >= 0.3 is 17.9 Å². The van der Waals surface area contributed by atoms with Crippen molar-refractivity contribution in [2.75, 3.05) is 13.2 Å². The average Bonchev–Trinajstić information content (AvgIpc) is 3.40. The minimum absolute atomic E-state index is 0.0898. The van der Waals surface area contributed by atoms with Crippen LogP contribution < -0.4 is 0 Å². The molecule has 0 saturated heterocycles. The third-order valence-electron chi connectivity index (χ3n) is 12.7. The van der Waals surface area contributed by atoms with Crippen LogP contribution in [0.25, 0.3) is 0 Å². The van der Waals surface area contributed by atoms with Crippen LogP contribution in [0.2, 0.25) is 0 Å². The minimum Gasteiger partial charge on any atom is -0.462 e. The van der Waals surface area contributed by atoms with Gasteiger partial charge in [-0.1, -0.05) is 264 Å². The lowest BCUT2D eigenvalue weighted by Gasteiger charge is -2.18. The first-order valence-corrected chi connectivity index (χ1v) is 30.5. The number of hydrogen-bond donors (Lipinski definition) is 0. The SMILES string of the molecule is CC/C=C\C/C=C\C/C=C\C/C=C\C/C=C\C/C=C\CCCCCCC(=O)OC(COC(=O)CCCCCCCC)COC(=O)CCCCCCCCCCCCCCCC/C=C\C/C=C\C/C=C\C/C=C\CC. The number of allylic oxidation sites excluding steroid dienone is 20. The lowest BCUT2D eigenvalue weighted by atomic mass is 10.0. The molecule has 0 aliphatic heterocycles. The zero-order valence-corrected chi connectivity index (χ0v) is 48.1. The van der Waals surface area contributed by atoms with E-state index in [2.05, 4.69) is 142 Å². The van der Waals surface area contributed by atoms with Crippen molar-refractivity contribution >= 4 is 17.9 Å². The van der Waals surface area contributed by atoms with Crippen molar-refractivity contribution in [3.05, 3.63) is 122 Å². The van der Waals surface area contributed by atoms with E-state index in [1.807, 2.05) is 0 Å². The van der Waals surface area contributed by atoms with Crippen molar-refractivity contribution in [2.45, 2.75) is 277 Å². The Balaban J connectivity index is 4.16. The summed E-state index contributed by atoms with van der Waals surface area (Å²) in [5.41, 5.74) is 0. The van der Waals surface area contributed by atoms with Gasteiger partial charge in [-0.3, -0.25) is 14.4 Å². The molecule has 0 aromatic carbocycles. The highest BCUT2D eigenvalue weighted by atomic mass is 16.6. The molecule has 1 unspecified atom stereocenters. The first-order chi connectivity index (χ1) is 36.5. The molecule has 0 aliphatic rings. The van der Waals surface area contributed by atoms with Crippen molar-refractivity contribution in [1.29, 1.82) is 0 Å². The van der Waals surface area contributed by atoms with E-state index >= 15 is 0 Å². The van der Waals surface area contributed by atoms with E-state index in [0.717, 1.165) is 135 Å². The smallest absolute Gasteiger partial charge is 0.306 e. The van der Waals surface area contributed by atoms with Gasteiger partial charge in [0.15, 0.2) is 6.10 Å². The van der Waals surface area contributed by atoms with Crippen molar-refractivity contribution in [3.8, 4) is 0 Å². The summed E-state index contributed by atoms with van der Waals surface area (Å²) in [6.07, 6.45) is 85.2. The molecule has 0 saturated carbocycles. The standard InChI is InChI=1S/C68H112O6/c1-4-7-10-13-16-18-20-22-24-26-28-30-32-33-34-35-37-38-40-42-44-46-48-50-52-55-58-61-67(70)73-64-65(63-72-66(69)60-57-54-15-12-9-6-3)74-68(71)62-59-56-53-51-49-47-45-43-41-39-36-31-29-27-25-23-21-19-17-14-11-8-5-2/h7-8,10-11,16-19,22-25,28-31,39,41,45,47,65H,4-6,9,12-15,20-21,26-27,32-38,40,42-44,46,48-64H2,1-3H3/b10-7-,11-8-,18-16-,19-17-,24-22-,25-23-,30-28-,31-29-,41-39-,47-45-. The van der Waals surface area contributed by atoms with E-state index in [-0.39, 0.29) is 31.1 Å². The molecule has 0 aromatic rings. The van der Waals surface area contributed by atoms with E-state index in [1.165, 1.54) is 96.3 Å². The predicted molar refractivity (Wildman–Crippen MR) is 320 cm³/mol. The molecule has 0 amide bonds. The summed E-state index contributed by atoms with van der Waals surface area (Å²) in [4.78, 5) is 38.0. The lowest BCUT2D eigenvalue weighted by Crippen LogP contribution is -2.30. The number of ether oxygens (including phenoxy) is 3. The van der Waals surface area contributed by atoms with Crippen LogP contribution >= 0.6 is 0 Å². The van der Waals surface area contributed by atoms with Gasteiger partial charge in [0.2, 0.25) is 0 Å². The van der Waals surface area contributed by atoms with Crippen molar-refractivity contribution in [2.24, 2.45) is 0 Å². The molecule has 1 atom stereocenters. The van der Waals surface area contributed by atoms with Gasteiger partial charge in [0.1, 0.15) is 13.2 Å². The van der Waals surface area contributed by atoms with Crippen LogP contribution in [0.1, 0.15) is 271 Å². The van der Waals surface area contributed by atoms with Gasteiger partial charge in [-0.15, -0.1) is 0 Å². The first-order valence-electron chi connectivity index (χ1n) is 30.5. The zero-order chi connectivity index (χ0) is 53.6. The average molecular weight is 1030 g/mol. The van der Waals surface area contributed by atoms with E-state index < -0.39 is 6.10 Å². The second-order valence-corrected chi connectivity index (χ2v) is 19.9. The first kappa shape index (κ1) is 69.8. The number of carbonyl (C=O) groups excluding carboxylic acids is 3. The zero-order valence-electron chi connectivity index (χ0n) is 48.1.